The average molecular weight is 359 g/mol. The minimum atomic E-state index is 0.0338. The van der Waals surface area contributed by atoms with Crippen molar-refractivity contribution >= 4 is 33.2 Å². The van der Waals surface area contributed by atoms with E-state index < -0.39 is 0 Å². The number of aryl methyl sites for hydroxylation is 1. The number of halogens is 1. The summed E-state index contributed by atoms with van der Waals surface area (Å²) in [4.78, 5) is 12.7. The summed E-state index contributed by atoms with van der Waals surface area (Å²) in [6, 6.07) is 2.58. The van der Waals surface area contributed by atoms with Gasteiger partial charge in [-0.2, -0.15) is 0 Å². The van der Waals surface area contributed by atoms with Crippen LogP contribution in [0.15, 0.2) is 9.85 Å². The predicted molar refractivity (Wildman–Crippen MR) is 88.6 cm³/mol. The first-order chi connectivity index (χ1) is 9.66. The van der Waals surface area contributed by atoms with Crippen molar-refractivity contribution in [3.8, 4) is 0 Å². The lowest BCUT2D eigenvalue weighted by Crippen LogP contribution is -2.36. The van der Waals surface area contributed by atoms with E-state index in [9.17, 15) is 4.79 Å². The first-order valence-electron chi connectivity index (χ1n) is 7.44. The van der Waals surface area contributed by atoms with Crippen molar-refractivity contribution < 1.29 is 4.79 Å². The third-order valence-corrected chi connectivity index (χ3v) is 5.92. The number of thiophene rings is 1. The predicted octanol–water partition coefficient (Wildman–Crippen LogP) is 3.86. The molecule has 0 bridgehead atoms. The minimum absolute atomic E-state index is 0.0338. The lowest BCUT2D eigenvalue weighted by Gasteiger charge is -2.16. The first kappa shape index (κ1) is 16.0. The van der Waals surface area contributed by atoms with Gasteiger partial charge >= 0.3 is 0 Å². The minimum Gasteiger partial charge on any atom is -0.350 e. The molecule has 5 heteroatoms. The molecule has 1 aromatic heterocycles. The van der Waals surface area contributed by atoms with E-state index in [4.69, 9.17) is 0 Å². The first-order valence-corrected chi connectivity index (χ1v) is 9.05. The zero-order valence-corrected chi connectivity index (χ0v) is 14.4. The van der Waals surface area contributed by atoms with Gasteiger partial charge in [0.25, 0.3) is 5.91 Å². The maximum Gasteiger partial charge on any atom is 0.261 e. The van der Waals surface area contributed by atoms with Crippen LogP contribution in [0, 0.1) is 6.92 Å². The van der Waals surface area contributed by atoms with Crippen LogP contribution in [0.4, 0.5) is 0 Å². The molecule has 0 radical (unpaired) electrons. The van der Waals surface area contributed by atoms with Crippen molar-refractivity contribution in [1.82, 2.24) is 10.6 Å². The summed E-state index contributed by atoms with van der Waals surface area (Å²) in [7, 11) is 0. The van der Waals surface area contributed by atoms with Crippen molar-refractivity contribution in [3.05, 3.63) is 20.3 Å². The number of hydrogen-bond acceptors (Lipinski definition) is 3. The molecule has 2 N–H and O–H groups in total. The van der Waals surface area contributed by atoms with Crippen LogP contribution in [0.25, 0.3) is 0 Å². The lowest BCUT2D eigenvalue weighted by atomic mass is 10.1. The molecule has 0 saturated heterocycles. The zero-order chi connectivity index (χ0) is 14.4. The molecule has 0 unspecified atom stereocenters. The van der Waals surface area contributed by atoms with Crippen LogP contribution in [0.2, 0.25) is 0 Å². The number of carbonyl (C=O) groups is 1. The molecule has 1 saturated carbocycles. The zero-order valence-electron chi connectivity index (χ0n) is 12.0. The van der Waals surface area contributed by atoms with Crippen LogP contribution in [-0.4, -0.2) is 25.0 Å². The van der Waals surface area contributed by atoms with Crippen molar-refractivity contribution in [2.75, 3.05) is 13.1 Å². The van der Waals surface area contributed by atoms with Crippen molar-refractivity contribution in [1.29, 1.82) is 0 Å². The van der Waals surface area contributed by atoms with Crippen molar-refractivity contribution in [2.45, 2.75) is 51.5 Å². The number of carbonyl (C=O) groups excluding carboxylic acids is 1. The molecule has 0 spiro atoms. The molecular weight excluding hydrogens is 336 g/mol. The number of rotatable bonds is 5. The highest BCUT2D eigenvalue weighted by Gasteiger charge is 2.12. The molecule has 1 aliphatic rings. The monoisotopic (exact) mass is 358 g/mol. The van der Waals surface area contributed by atoms with E-state index >= 15 is 0 Å². The Bertz CT molecular complexity index is 420. The molecule has 112 valence electrons. The summed E-state index contributed by atoms with van der Waals surface area (Å²) in [5.74, 6) is 0.0338. The molecule has 0 aliphatic heterocycles. The molecule has 0 aromatic carbocycles. The van der Waals surface area contributed by atoms with Gasteiger partial charge in [-0.05, 0) is 47.3 Å². The SMILES string of the molecule is Cc1cc(C(=O)NCCNC2CCCCCC2)sc1Br. The fourth-order valence-electron chi connectivity index (χ4n) is 2.59. The third kappa shape index (κ3) is 4.86. The molecular formula is C15H23BrN2OS. The van der Waals surface area contributed by atoms with E-state index in [0.29, 0.717) is 12.6 Å². The molecule has 1 amide bonds. The van der Waals surface area contributed by atoms with E-state index in [-0.39, 0.29) is 5.91 Å². The highest BCUT2D eigenvalue weighted by molar-refractivity contribution is 9.11. The molecule has 1 heterocycles. The van der Waals surface area contributed by atoms with Gasteiger partial charge in [0, 0.05) is 19.1 Å². The Kier molecular flexibility index (Phi) is 6.52. The summed E-state index contributed by atoms with van der Waals surface area (Å²) in [5.41, 5.74) is 1.12. The Hall–Kier alpha value is -0.390. The summed E-state index contributed by atoms with van der Waals surface area (Å²) in [6.45, 7) is 3.57. The van der Waals surface area contributed by atoms with Gasteiger partial charge in [-0.25, -0.2) is 0 Å². The van der Waals surface area contributed by atoms with Gasteiger partial charge in [-0.3, -0.25) is 4.79 Å². The number of amides is 1. The van der Waals surface area contributed by atoms with Crippen molar-refractivity contribution in [3.63, 3.8) is 0 Å². The normalized spacial score (nSPS) is 16.9. The summed E-state index contributed by atoms with van der Waals surface area (Å²) in [5, 5.41) is 6.55. The van der Waals surface area contributed by atoms with E-state index in [2.05, 4.69) is 26.6 Å². The molecule has 1 aromatic rings. The molecule has 2 rings (SSSR count). The second kappa shape index (κ2) is 8.15. The quantitative estimate of drug-likeness (QED) is 0.619. The molecule has 1 fully saturated rings. The van der Waals surface area contributed by atoms with Gasteiger partial charge in [0.1, 0.15) is 0 Å². The van der Waals surface area contributed by atoms with Crippen LogP contribution in [-0.2, 0) is 0 Å². The molecule has 20 heavy (non-hydrogen) atoms. The fraction of sp³-hybridized carbons (Fsp3) is 0.667. The maximum absolute atomic E-state index is 12.0. The van der Waals surface area contributed by atoms with E-state index in [0.717, 1.165) is 20.8 Å². The van der Waals surface area contributed by atoms with Gasteiger partial charge in [0.15, 0.2) is 0 Å². The topological polar surface area (TPSA) is 41.1 Å². The summed E-state index contributed by atoms with van der Waals surface area (Å²) < 4.78 is 1.04. The van der Waals surface area contributed by atoms with Gasteiger partial charge in [-0.1, -0.05) is 25.7 Å². The standard InChI is InChI=1S/C15H23BrN2OS/c1-11-10-13(20-14(11)16)15(19)18-9-8-17-12-6-4-2-3-5-7-12/h10,12,17H,2-9H2,1H3,(H,18,19). The van der Waals surface area contributed by atoms with Crippen LogP contribution in [0.1, 0.15) is 53.8 Å². The van der Waals surface area contributed by atoms with Crippen LogP contribution in [0.3, 0.4) is 0 Å². The maximum atomic E-state index is 12.0. The highest BCUT2D eigenvalue weighted by atomic mass is 79.9. The Labute approximate surface area is 133 Å². The number of nitrogens with one attached hydrogen (secondary N) is 2. The van der Waals surface area contributed by atoms with E-state index in [1.165, 1.54) is 49.9 Å². The van der Waals surface area contributed by atoms with Crippen LogP contribution >= 0.6 is 27.3 Å². The summed E-state index contributed by atoms with van der Waals surface area (Å²) >= 11 is 4.95. The van der Waals surface area contributed by atoms with Crippen molar-refractivity contribution in [2.24, 2.45) is 0 Å². The molecule has 3 nitrogen and oxygen atoms in total. The molecule has 0 atom stereocenters. The highest BCUT2D eigenvalue weighted by Crippen LogP contribution is 2.27. The van der Waals surface area contributed by atoms with Gasteiger partial charge < -0.3 is 10.6 Å². The number of hydrogen-bond donors (Lipinski definition) is 2. The van der Waals surface area contributed by atoms with Crippen LogP contribution < -0.4 is 10.6 Å². The Balaban J connectivity index is 1.66. The largest absolute Gasteiger partial charge is 0.350 e. The molecule has 1 aliphatic carbocycles. The van der Waals surface area contributed by atoms with E-state index in [1.54, 1.807) is 0 Å². The Morgan fingerprint density at radius 1 is 1.30 bits per heavy atom. The second-order valence-electron chi connectivity index (χ2n) is 5.47. The fourth-order valence-corrected chi connectivity index (χ4v) is 4.05. The lowest BCUT2D eigenvalue weighted by molar-refractivity contribution is 0.0957. The second-order valence-corrected chi connectivity index (χ2v) is 7.84. The van der Waals surface area contributed by atoms with Gasteiger partial charge in [0.2, 0.25) is 0 Å². The Morgan fingerprint density at radius 3 is 2.60 bits per heavy atom. The average Bonchev–Trinajstić information content (AvgIpc) is 2.66. The van der Waals surface area contributed by atoms with Gasteiger partial charge in [0.05, 0.1) is 8.66 Å². The Morgan fingerprint density at radius 2 is 2.00 bits per heavy atom. The summed E-state index contributed by atoms with van der Waals surface area (Å²) in [6.07, 6.45) is 8.00. The third-order valence-electron chi connectivity index (χ3n) is 3.78. The van der Waals surface area contributed by atoms with Crippen LogP contribution in [0.5, 0.6) is 0 Å². The van der Waals surface area contributed by atoms with E-state index in [1.807, 2.05) is 13.0 Å². The van der Waals surface area contributed by atoms with Gasteiger partial charge in [-0.15, -0.1) is 11.3 Å². The smallest absolute Gasteiger partial charge is 0.261 e.